The molecule has 2 aromatic carbocycles. The lowest BCUT2D eigenvalue weighted by molar-refractivity contribution is 0.272. The molecular formula is C26H29FN4O. The smallest absolute Gasteiger partial charge is 0.168 e. The number of hydrogen-bond acceptors (Lipinski definition) is 5. The molecule has 2 N–H and O–H groups in total. The summed E-state index contributed by atoms with van der Waals surface area (Å²) >= 11 is 0. The highest BCUT2D eigenvalue weighted by Gasteiger charge is 2.47. The number of rotatable bonds is 5. The van der Waals surface area contributed by atoms with Crippen LogP contribution < -0.4 is 15.4 Å². The Hall–Kier alpha value is -2.83. The van der Waals surface area contributed by atoms with Crippen LogP contribution in [0.2, 0.25) is 0 Å². The summed E-state index contributed by atoms with van der Waals surface area (Å²) < 4.78 is 20.8. The average Bonchev–Trinajstić information content (AvgIpc) is 3.45. The van der Waals surface area contributed by atoms with Gasteiger partial charge in [-0.25, -0.2) is 14.4 Å². The number of hydrogen-bond donors (Lipinski definition) is 2. The first-order chi connectivity index (χ1) is 15.6. The summed E-state index contributed by atoms with van der Waals surface area (Å²) in [5.74, 6) is 1.24. The Morgan fingerprint density at radius 3 is 2.72 bits per heavy atom. The summed E-state index contributed by atoms with van der Waals surface area (Å²) in [6, 6.07) is 12.9. The standard InChI is InChI=1S/C26H29FN4O/c1-17(2)19-5-3-4-6-20(19)21-13-18(27)7-8-22(21)32-23-14-29-16-31-24(23)25-26(10-12-30-25)9-11-28-15-26/h3-8,13-14,16-17,25,28,30H,9-12,15H2,1-2H3. The molecule has 0 amide bonds. The SMILES string of the molecule is CC(C)c1ccccc1-c1cc(F)ccc1Oc1cncnc1C1NCCC12CCNC2. The first kappa shape index (κ1) is 21.0. The summed E-state index contributed by atoms with van der Waals surface area (Å²) in [7, 11) is 0. The van der Waals surface area contributed by atoms with E-state index in [0.29, 0.717) is 17.4 Å². The summed E-state index contributed by atoms with van der Waals surface area (Å²) in [4.78, 5) is 8.88. The summed E-state index contributed by atoms with van der Waals surface area (Å²) in [6.07, 6.45) is 5.52. The molecule has 0 bridgehead atoms. The van der Waals surface area contributed by atoms with Gasteiger partial charge in [-0.15, -0.1) is 0 Å². The molecule has 166 valence electrons. The van der Waals surface area contributed by atoms with Crippen molar-refractivity contribution in [2.45, 2.75) is 38.6 Å². The second kappa shape index (κ2) is 8.60. The van der Waals surface area contributed by atoms with Crippen molar-refractivity contribution in [2.75, 3.05) is 19.6 Å². The van der Waals surface area contributed by atoms with Crippen molar-refractivity contribution in [3.05, 3.63) is 72.1 Å². The van der Waals surface area contributed by atoms with Gasteiger partial charge in [0.25, 0.3) is 0 Å². The Balaban J connectivity index is 1.56. The highest BCUT2D eigenvalue weighted by atomic mass is 19.1. The van der Waals surface area contributed by atoms with E-state index < -0.39 is 0 Å². The maximum absolute atomic E-state index is 14.3. The van der Waals surface area contributed by atoms with Crippen LogP contribution >= 0.6 is 0 Å². The van der Waals surface area contributed by atoms with E-state index in [1.54, 1.807) is 24.7 Å². The third-order valence-corrected chi connectivity index (χ3v) is 6.88. The van der Waals surface area contributed by atoms with Crippen LogP contribution in [-0.2, 0) is 0 Å². The molecule has 5 nitrogen and oxygen atoms in total. The Morgan fingerprint density at radius 2 is 1.91 bits per heavy atom. The molecule has 0 aliphatic carbocycles. The van der Waals surface area contributed by atoms with Crippen molar-refractivity contribution in [2.24, 2.45) is 5.41 Å². The molecule has 5 rings (SSSR count). The number of nitrogens with one attached hydrogen (secondary N) is 2. The van der Waals surface area contributed by atoms with Gasteiger partial charge in [0, 0.05) is 17.5 Å². The normalized spacial score (nSPS) is 22.7. The van der Waals surface area contributed by atoms with Crippen molar-refractivity contribution >= 4 is 0 Å². The van der Waals surface area contributed by atoms with Crippen LogP contribution in [0.1, 0.15) is 49.9 Å². The third-order valence-electron chi connectivity index (χ3n) is 6.88. The van der Waals surface area contributed by atoms with E-state index in [4.69, 9.17) is 4.74 Å². The molecule has 2 fully saturated rings. The quantitative estimate of drug-likeness (QED) is 0.579. The van der Waals surface area contributed by atoms with Gasteiger partial charge in [0.05, 0.1) is 12.2 Å². The van der Waals surface area contributed by atoms with Crippen LogP contribution in [-0.4, -0.2) is 29.6 Å². The van der Waals surface area contributed by atoms with E-state index in [1.807, 2.05) is 18.2 Å². The Bertz CT molecular complexity index is 1100. The van der Waals surface area contributed by atoms with Crippen molar-refractivity contribution in [3.8, 4) is 22.6 Å². The third kappa shape index (κ3) is 3.78. The van der Waals surface area contributed by atoms with E-state index in [0.717, 1.165) is 54.9 Å². The molecule has 2 aliphatic heterocycles. The average molecular weight is 433 g/mol. The van der Waals surface area contributed by atoms with Crippen molar-refractivity contribution in [3.63, 3.8) is 0 Å². The molecule has 6 heteroatoms. The minimum absolute atomic E-state index is 0.0994. The lowest BCUT2D eigenvalue weighted by Crippen LogP contribution is -2.32. The summed E-state index contributed by atoms with van der Waals surface area (Å²) in [5, 5.41) is 7.15. The number of aromatic nitrogens is 2. The first-order valence-corrected chi connectivity index (χ1v) is 11.4. The summed E-state index contributed by atoms with van der Waals surface area (Å²) in [5.41, 5.74) is 3.88. The number of benzene rings is 2. The molecule has 0 saturated carbocycles. The Kier molecular flexibility index (Phi) is 5.66. The minimum atomic E-state index is -0.288. The molecule has 2 aliphatic rings. The molecule has 2 atom stereocenters. The van der Waals surface area contributed by atoms with Gasteiger partial charge in [0.15, 0.2) is 5.75 Å². The summed E-state index contributed by atoms with van der Waals surface area (Å²) in [6.45, 7) is 7.23. The van der Waals surface area contributed by atoms with Gasteiger partial charge < -0.3 is 15.4 Å². The highest BCUT2D eigenvalue weighted by Crippen LogP contribution is 2.48. The van der Waals surface area contributed by atoms with Gasteiger partial charge in [-0.1, -0.05) is 38.1 Å². The molecule has 0 radical (unpaired) electrons. The highest BCUT2D eigenvalue weighted by molar-refractivity contribution is 5.74. The second-order valence-electron chi connectivity index (χ2n) is 9.18. The maximum Gasteiger partial charge on any atom is 0.168 e. The van der Waals surface area contributed by atoms with Crippen molar-refractivity contribution in [1.82, 2.24) is 20.6 Å². The fraction of sp³-hybridized carbons (Fsp3) is 0.385. The van der Waals surface area contributed by atoms with E-state index in [-0.39, 0.29) is 17.3 Å². The molecule has 2 unspecified atom stereocenters. The largest absolute Gasteiger partial charge is 0.453 e. The monoisotopic (exact) mass is 432 g/mol. The zero-order valence-electron chi connectivity index (χ0n) is 18.6. The van der Waals surface area contributed by atoms with Crippen LogP contribution in [0.4, 0.5) is 4.39 Å². The second-order valence-corrected chi connectivity index (χ2v) is 9.18. The van der Waals surface area contributed by atoms with Crippen LogP contribution in [0.25, 0.3) is 11.1 Å². The Labute approximate surface area is 188 Å². The van der Waals surface area contributed by atoms with Crippen molar-refractivity contribution in [1.29, 1.82) is 0 Å². The van der Waals surface area contributed by atoms with Crippen LogP contribution in [0, 0.1) is 11.2 Å². The molecule has 1 aromatic heterocycles. The fourth-order valence-corrected chi connectivity index (χ4v) is 5.22. The van der Waals surface area contributed by atoms with Crippen LogP contribution in [0.3, 0.4) is 0 Å². The number of nitrogens with zero attached hydrogens (tertiary/aromatic N) is 2. The van der Waals surface area contributed by atoms with Gasteiger partial charge in [-0.2, -0.15) is 0 Å². The molecule has 3 heterocycles. The van der Waals surface area contributed by atoms with Crippen LogP contribution in [0.15, 0.2) is 55.0 Å². The minimum Gasteiger partial charge on any atom is -0.453 e. The predicted octanol–water partition coefficient (Wildman–Crippen LogP) is 5.21. The zero-order chi connectivity index (χ0) is 22.1. The van der Waals surface area contributed by atoms with E-state index in [1.165, 1.54) is 6.07 Å². The lowest BCUT2D eigenvalue weighted by Gasteiger charge is -2.30. The van der Waals surface area contributed by atoms with E-state index in [2.05, 4.69) is 40.5 Å². The lowest BCUT2D eigenvalue weighted by atomic mass is 9.78. The molecular weight excluding hydrogens is 403 g/mol. The Morgan fingerprint density at radius 1 is 1.06 bits per heavy atom. The zero-order valence-corrected chi connectivity index (χ0v) is 18.6. The van der Waals surface area contributed by atoms with E-state index in [9.17, 15) is 4.39 Å². The number of ether oxygens (including phenoxy) is 1. The van der Waals surface area contributed by atoms with Crippen molar-refractivity contribution < 1.29 is 9.13 Å². The molecule has 3 aromatic rings. The molecule has 1 spiro atoms. The van der Waals surface area contributed by atoms with Crippen LogP contribution in [0.5, 0.6) is 11.5 Å². The van der Waals surface area contributed by atoms with E-state index >= 15 is 0 Å². The van der Waals surface area contributed by atoms with Gasteiger partial charge in [0.1, 0.15) is 23.6 Å². The topological polar surface area (TPSA) is 59.1 Å². The van der Waals surface area contributed by atoms with Gasteiger partial charge in [-0.05, 0) is 61.2 Å². The van der Waals surface area contributed by atoms with Gasteiger partial charge >= 0.3 is 0 Å². The number of halogens is 1. The van der Waals surface area contributed by atoms with Gasteiger partial charge in [-0.3, -0.25) is 0 Å². The fourth-order valence-electron chi connectivity index (χ4n) is 5.22. The first-order valence-electron chi connectivity index (χ1n) is 11.4. The maximum atomic E-state index is 14.3. The van der Waals surface area contributed by atoms with Gasteiger partial charge in [0.2, 0.25) is 0 Å². The molecule has 32 heavy (non-hydrogen) atoms. The molecule has 2 saturated heterocycles. The predicted molar refractivity (Wildman–Crippen MR) is 123 cm³/mol.